The van der Waals surface area contributed by atoms with Crippen molar-refractivity contribution < 1.29 is 4.42 Å². The Bertz CT molecular complexity index is 1640. The molecule has 0 aliphatic heterocycles. The Morgan fingerprint density at radius 3 is 2.38 bits per heavy atom. The van der Waals surface area contributed by atoms with Gasteiger partial charge in [0.15, 0.2) is 0 Å². The fraction of sp³-hybridized carbons (Fsp3) is 0. The van der Waals surface area contributed by atoms with Crippen LogP contribution in [-0.4, -0.2) is 0 Å². The van der Waals surface area contributed by atoms with E-state index in [-0.39, 0.29) is 5.43 Å². The summed E-state index contributed by atoms with van der Waals surface area (Å²) in [6.45, 7) is 0. The van der Waals surface area contributed by atoms with Crippen LogP contribution in [0.25, 0.3) is 53.2 Å². The van der Waals surface area contributed by atoms with Gasteiger partial charge in [-0.25, -0.2) is 0 Å². The van der Waals surface area contributed by atoms with Gasteiger partial charge >= 0.3 is 0 Å². The van der Waals surface area contributed by atoms with Crippen molar-refractivity contribution in [3.63, 3.8) is 0 Å². The lowest BCUT2D eigenvalue weighted by atomic mass is 10.0. The number of halogens is 1. The maximum atomic E-state index is 13.1. The van der Waals surface area contributed by atoms with E-state index >= 15 is 0 Å². The fourth-order valence-electron chi connectivity index (χ4n) is 3.97. The third-order valence-corrected chi connectivity index (χ3v) is 7.06. The van der Waals surface area contributed by atoms with Crippen LogP contribution < -0.4 is 5.43 Å². The molecule has 29 heavy (non-hydrogen) atoms. The number of fused-ring (bicyclic) bond motifs is 5. The van der Waals surface area contributed by atoms with Gasteiger partial charge in [0.2, 0.25) is 5.43 Å². The number of hydrogen-bond donors (Lipinski definition) is 0. The number of benzene rings is 4. The molecular formula is C25H13BrO2S. The van der Waals surface area contributed by atoms with Crippen molar-refractivity contribution in [3.8, 4) is 11.1 Å². The zero-order valence-corrected chi connectivity index (χ0v) is 17.5. The molecule has 4 aromatic carbocycles. The molecule has 6 aromatic rings. The molecule has 0 amide bonds. The maximum absolute atomic E-state index is 13.1. The highest BCUT2D eigenvalue weighted by molar-refractivity contribution is 9.10. The predicted octanol–water partition coefficient (Wildman–Crippen LogP) is 7.74. The third-order valence-electron chi connectivity index (χ3n) is 5.35. The lowest BCUT2D eigenvalue weighted by Gasteiger charge is -2.07. The largest absolute Gasteiger partial charge is 0.456 e. The molecule has 4 heteroatoms. The number of thiophene rings is 1. The Morgan fingerprint density at radius 1 is 0.724 bits per heavy atom. The van der Waals surface area contributed by atoms with Gasteiger partial charge in [0.25, 0.3) is 0 Å². The Labute approximate surface area is 178 Å². The summed E-state index contributed by atoms with van der Waals surface area (Å²) >= 11 is 5.24. The standard InChI is InChI=1S/C25H13BrO2S/c26-15-9-11-22-20(13-15)24(27)19-12-14(8-10-21(19)28-22)16-5-3-6-18-17-4-1-2-7-23(17)29-25(16)18/h1-13H. The van der Waals surface area contributed by atoms with Gasteiger partial charge in [-0.15, -0.1) is 11.3 Å². The molecule has 0 fully saturated rings. The van der Waals surface area contributed by atoms with Crippen LogP contribution >= 0.6 is 27.3 Å². The molecule has 0 radical (unpaired) electrons. The van der Waals surface area contributed by atoms with Crippen molar-refractivity contribution >= 4 is 69.4 Å². The fourth-order valence-corrected chi connectivity index (χ4v) is 5.57. The first-order valence-electron chi connectivity index (χ1n) is 9.26. The van der Waals surface area contributed by atoms with Crippen LogP contribution in [0.1, 0.15) is 0 Å². The molecule has 0 spiro atoms. The van der Waals surface area contributed by atoms with E-state index in [0.717, 1.165) is 15.6 Å². The highest BCUT2D eigenvalue weighted by atomic mass is 79.9. The smallest absolute Gasteiger partial charge is 0.200 e. The van der Waals surface area contributed by atoms with E-state index in [0.29, 0.717) is 21.9 Å². The molecule has 0 atom stereocenters. The average molecular weight is 457 g/mol. The van der Waals surface area contributed by atoms with Crippen LogP contribution in [0.15, 0.2) is 92.5 Å². The molecule has 0 aliphatic rings. The molecular weight excluding hydrogens is 444 g/mol. The zero-order valence-electron chi connectivity index (χ0n) is 15.1. The van der Waals surface area contributed by atoms with Crippen molar-refractivity contribution in [3.05, 3.63) is 93.6 Å². The first-order valence-corrected chi connectivity index (χ1v) is 10.9. The second-order valence-electron chi connectivity index (χ2n) is 7.06. The molecule has 0 N–H and O–H groups in total. The van der Waals surface area contributed by atoms with Gasteiger partial charge in [-0.05, 0) is 47.5 Å². The van der Waals surface area contributed by atoms with E-state index in [1.807, 2.05) is 36.4 Å². The molecule has 2 heterocycles. The highest BCUT2D eigenvalue weighted by Crippen LogP contribution is 2.40. The summed E-state index contributed by atoms with van der Waals surface area (Å²) in [5.74, 6) is 0. The molecule has 0 saturated heterocycles. The topological polar surface area (TPSA) is 30.2 Å². The van der Waals surface area contributed by atoms with Crippen molar-refractivity contribution in [1.29, 1.82) is 0 Å². The Hall–Kier alpha value is -2.95. The van der Waals surface area contributed by atoms with Crippen LogP contribution in [0.5, 0.6) is 0 Å². The monoisotopic (exact) mass is 456 g/mol. The molecule has 0 saturated carbocycles. The summed E-state index contributed by atoms with van der Waals surface area (Å²) in [5, 5.41) is 3.71. The van der Waals surface area contributed by atoms with E-state index in [2.05, 4.69) is 58.4 Å². The van der Waals surface area contributed by atoms with E-state index in [1.54, 1.807) is 11.3 Å². The van der Waals surface area contributed by atoms with E-state index in [1.165, 1.54) is 20.2 Å². The van der Waals surface area contributed by atoms with E-state index in [9.17, 15) is 4.79 Å². The van der Waals surface area contributed by atoms with Crippen LogP contribution in [0.2, 0.25) is 0 Å². The molecule has 138 valence electrons. The lowest BCUT2D eigenvalue weighted by Crippen LogP contribution is -2.02. The van der Waals surface area contributed by atoms with Crippen molar-refractivity contribution in [2.75, 3.05) is 0 Å². The second-order valence-corrected chi connectivity index (χ2v) is 9.03. The van der Waals surface area contributed by atoms with Crippen molar-refractivity contribution in [1.82, 2.24) is 0 Å². The average Bonchev–Trinajstić information content (AvgIpc) is 3.13. The van der Waals surface area contributed by atoms with Crippen LogP contribution in [0.4, 0.5) is 0 Å². The third kappa shape index (κ3) is 2.56. The van der Waals surface area contributed by atoms with Gasteiger partial charge in [0.1, 0.15) is 11.2 Å². The van der Waals surface area contributed by atoms with E-state index < -0.39 is 0 Å². The molecule has 0 aliphatic carbocycles. The minimum atomic E-state index is -0.00656. The summed E-state index contributed by atoms with van der Waals surface area (Å²) in [4.78, 5) is 13.1. The minimum absolute atomic E-state index is 0.00656. The lowest BCUT2D eigenvalue weighted by molar-refractivity contribution is 0.660. The van der Waals surface area contributed by atoms with Gasteiger partial charge in [0.05, 0.1) is 10.8 Å². The Kier molecular flexibility index (Phi) is 3.67. The van der Waals surface area contributed by atoms with Gasteiger partial charge in [0, 0.05) is 24.6 Å². The Morgan fingerprint density at radius 2 is 1.48 bits per heavy atom. The molecule has 0 bridgehead atoms. The quantitative estimate of drug-likeness (QED) is 0.236. The van der Waals surface area contributed by atoms with Crippen molar-refractivity contribution in [2.24, 2.45) is 0 Å². The zero-order chi connectivity index (χ0) is 19.5. The normalized spacial score (nSPS) is 11.8. The molecule has 2 aromatic heterocycles. The summed E-state index contributed by atoms with van der Waals surface area (Å²) < 4.78 is 9.36. The van der Waals surface area contributed by atoms with Crippen molar-refractivity contribution in [2.45, 2.75) is 0 Å². The molecule has 6 rings (SSSR count). The molecule has 0 unspecified atom stereocenters. The van der Waals surface area contributed by atoms with Gasteiger partial charge in [-0.3, -0.25) is 4.79 Å². The summed E-state index contributed by atoms with van der Waals surface area (Å²) in [5.41, 5.74) is 3.37. The Balaban J connectivity index is 1.67. The summed E-state index contributed by atoms with van der Waals surface area (Å²) in [6, 6.07) is 26.3. The van der Waals surface area contributed by atoms with Crippen LogP contribution in [-0.2, 0) is 0 Å². The SMILES string of the molecule is O=c1c2cc(Br)ccc2oc2ccc(-c3cccc4c3sc3ccccc34)cc12. The van der Waals surface area contributed by atoms with Crippen LogP contribution in [0, 0.1) is 0 Å². The summed E-state index contributed by atoms with van der Waals surface area (Å²) in [7, 11) is 0. The first-order chi connectivity index (χ1) is 14.2. The molecule has 2 nitrogen and oxygen atoms in total. The van der Waals surface area contributed by atoms with Crippen LogP contribution in [0.3, 0.4) is 0 Å². The highest BCUT2D eigenvalue weighted by Gasteiger charge is 2.13. The number of rotatable bonds is 1. The summed E-state index contributed by atoms with van der Waals surface area (Å²) in [6.07, 6.45) is 0. The number of hydrogen-bond acceptors (Lipinski definition) is 3. The predicted molar refractivity (Wildman–Crippen MR) is 126 cm³/mol. The minimum Gasteiger partial charge on any atom is -0.456 e. The van der Waals surface area contributed by atoms with Gasteiger partial charge < -0.3 is 4.42 Å². The second kappa shape index (κ2) is 6.28. The van der Waals surface area contributed by atoms with Gasteiger partial charge in [-0.2, -0.15) is 0 Å². The van der Waals surface area contributed by atoms with Gasteiger partial charge in [-0.1, -0.05) is 58.4 Å². The maximum Gasteiger partial charge on any atom is 0.200 e. The first kappa shape index (κ1) is 17.0. The van der Waals surface area contributed by atoms with E-state index in [4.69, 9.17) is 4.42 Å².